The lowest BCUT2D eigenvalue weighted by atomic mass is 10.3. The Hall–Kier alpha value is -0.250. The summed E-state index contributed by atoms with van der Waals surface area (Å²) >= 11 is 9.45. The summed E-state index contributed by atoms with van der Waals surface area (Å²) in [6, 6.07) is 5.87. The monoisotopic (exact) mass is 243 g/mol. The largest absolute Gasteiger partial charge is 0.230 e. The Morgan fingerprint density at radius 3 is 3.14 bits per heavy atom. The van der Waals surface area contributed by atoms with Crippen molar-refractivity contribution in [2.75, 3.05) is 5.75 Å². The van der Waals surface area contributed by atoms with Crippen LogP contribution in [0, 0.1) is 0 Å². The Morgan fingerprint density at radius 1 is 1.50 bits per heavy atom. The van der Waals surface area contributed by atoms with E-state index in [0.717, 1.165) is 20.6 Å². The molecule has 0 N–H and O–H groups in total. The number of thiazole rings is 1. The zero-order valence-electron chi connectivity index (χ0n) is 7.79. The third-order valence-electron chi connectivity index (χ3n) is 1.76. The van der Waals surface area contributed by atoms with Gasteiger partial charge in [-0.2, -0.15) is 0 Å². The van der Waals surface area contributed by atoms with E-state index in [1.165, 1.54) is 11.1 Å². The van der Waals surface area contributed by atoms with Crippen molar-refractivity contribution in [3.05, 3.63) is 23.2 Å². The molecule has 2 aromatic rings. The fraction of sp³-hybridized carbons (Fsp3) is 0.300. The molecule has 0 saturated heterocycles. The van der Waals surface area contributed by atoms with E-state index >= 15 is 0 Å². The molecule has 0 radical (unpaired) electrons. The lowest BCUT2D eigenvalue weighted by Crippen LogP contribution is -1.73. The molecule has 0 atom stereocenters. The smallest absolute Gasteiger partial charge is 0.151 e. The van der Waals surface area contributed by atoms with Gasteiger partial charge in [-0.1, -0.05) is 30.3 Å². The number of thioether (sulfide) groups is 1. The Balaban J connectivity index is 2.32. The van der Waals surface area contributed by atoms with Gasteiger partial charge in [-0.15, -0.1) is 11.3 Å². The van der Waals surface area contributed by atoms with Crippen LogP contribution in [0.3, 0.4) is 0 Å². The molecule has 2 rings (SSSR count). The Kier molecular flexibility index (Phi) is 3.31. The molecule has 0 unspecified atom stereocenters. The van der Waals surface area contributed by atoms with Crippen LogP contribution in [0.15, 0.2) is 22.5 Å². The fourth-order valence-corrected chi connectivity index (χ4v) is 3.27. The minimum Gasteiger partial charge on any atom is -0.230 e. The maximum absolute atomic E-state index is 5.89. The van der Waals surface area contributed by atoms with Crippen LogP contribution in [-0.4, -0.2) is 10.7 Å². The lowest BCUT2D eigenvalue weighted by molar-refractivity contribution is 1.10. The van der Waals surface area contributed by atoms with E-state index in [9.17, 15) is 0 Å². The second-order valence-corrected chi connectivity index (χ2v) is 5.75. The van der Waals surface area contributed by atoms with Crippen molar-refractivity contribution in [3.63, 3.8) is 0 Å². The molecule has 0 aliphatic heterocycles. The SMILES string of the molecule is CCCSc1nc2cc(Cl)ccc2s1. The molecule has 1 aromatic carbocycles. The summed E-state index contributed by atoms with van der Waals surface area (Å²) in [6.45, 7) is 2.18. The van der Waals surface area contributed by atoms with E-state index in [0.29, 0.717) is 0 Å². The molecule has 0 spiro atoms. The Bertz CT molecular complexity index is 439. The highest BCUT2D eigenvalue weighted by Crippen LogP contribution is 2.31. The molecule has 0 aliphatic carbocycles. The third kappa shape index (κ3) is 2.22. The van der Waals surface area contributed by atoms with Gasteiger partial charge in [0, 0.05) is 10.8 Å². The predicted octanol–water partition coefficient (Wildman–Crippen LogP) is 4.45. The average molecular weight is 244 g/mol. The summed E-state index contributed by atoms with van der Waals surface area (Å²) < 4.78 is 2.36. The first-order chi connectivity index (χ1) is 6.79. The van der Waals surface area contributed by atoms with E-state index in [-0.39, 0.29) is 0 Å². The highest BCUT2D eigenvalue weighted by molar-refractivity contribution is 8.01. The van der Waals surface area contributed by atoms with Crippen LogP contribution in [0.5, 0.6) is 0 Å². The fourth-order valence-electron chi connectivity index (χ4n) is 1.13. The first-order valence-electron chi connectivity index (χ1n) is 4.48. The number of hydrogen-bond donors (Lipinski definition) is 0. The maximum atomic E-state index is 5.89. The second kappa shape index (κ2) is 4.51. The number of rotatable bonds is 3. The molecule has 0 saturated carbocycles. The van der Waals surface area contributed by atoms with E-state index in [4.69, 9.17) is 11.6 Å². The summed E-state index contributed by atoms with van der Waals surface area (Å²) in [4.78, 5) is 4.51. The molecule has 0 fully saturated rings. The highest BCUT2D eigenvalue weighted by atomic mass is 35.5. The second-order valence-electron chi connectivity index (χ2n) is 2.94. The van der Waals surface area contributed by atoms with Crippen molar-refractivity contribution in [2.24, 2.45) is 0 Å². The van der Waals surface area contributed by atoms with Gasteiger partial charge < -0.3 is 0 Å². The summed E-state index contributed by atoms with van der Waals surface area (Å²) in [5, 5.41) is 0.759. The normalized spacial score (nSPS) is 11.0. The molecule has 4 heteroatoms. The van der Waals surface area contributed by atoms with Crippen LogP contribution in [0.1, 0.15) is 13.3 Å². The first-order valence-corrected chi connectivity index (χ1v) is 6.66. The number of aromatic nitrogens is 1. The Labute approximate surface area is 96.5 Å². The van der Waals surface area contributed by atoms with Gasteiger partial charge in [0.05, 0.1) is 10.2 Å². The summed E-state index contributed by atoms with van der Waals surface area (Å²) in [5.41, 5.74) is 1.01. The van der Waals surface area contributed by atoms with Crippen LogP contribution in [0.2, 0.25) is 5.02 Å². The predicted molar refractivity (Wildman–Crippen MR) is 65.6 cm³/mol. The number of hydrogen-bond acceptors (Lipinski definition) is 3. The summed E-state index contributed by atoms with van der Waals surface area (Å²) in [6.07, 6.45) is 1.18. The van der Waals surface area contributed by atoms with Gasteiger partial charge in [0.15, 0.2) is 4.34 Å². The maximum Gasteiger partial charge on any atom is 0.151 e. The zero-order chi connectivity index (χ0) is 9.97. The molecule has 74 valence electrons. The lowest BCUT2D eigenvalue weighted by Gasteiger charge is -1.89. The van der Waals surface area contributed by atoms with Gasteiger partial charge in [0.2, 0.25) is 0 Å². The summed E-state index contributed by atoms with van der Waals surface area (Å²) in [7, 11) is 0. The average Bonchev–Trinajstić information content (AvgIpc) is 2.56. The molecule has 1 heterocycles. The first kappa shape index (κ1) is 10.3. The van der Waals surface area contributed by atoms with Gasteiger partial charge in [-0.3, -0.25) is 0 Å². The van der Waals surface area contributed by atoms with E-state index in [1.54, 1.807) is 11.3 Å². The van der Waals surface area contributed by atoms with Gasteiger partial charge in [0.25, 0.3) is 0 Å². The topological polar surface area (TPSA) is 12.9 Å². The van der Waals surface area contributed by atoms with Crippen LogP contribution >= 0.6 is 34.7 Å². The van der Waals surface area contributed by atoms with Crippen LogP contribution in [-0.2, 0) is 0 Å². The van der Waals surface area contributed by atoms with Crippen LogP contribution < -0.4 is 0 Å². The van der Waals surface area contributed by atoms with Crippen molar-refractivity contribution in [1.82, 2.24) is 4.98 Å². The molecule has 0 amide bonds. The van der Waals surface area contributed by atoms with Gasteiger partial charge >= 0.3 is 0 Å². The number of fused-ring (bicyclic) bond motifs is 1. The standard InChI is InChI=1S/C10H10ClNS2/c1-2-5-13-10-12-8-6-7(11)3-4-9(8)14-10/h3-4,6H,2,5H2,1H3. The zero-order valence-corrected chi connectivity index (χ0v) is 10.2. The van der Waals surface area contributed by atoms with Gasteiger partial charge in [0.1, 0.15) is 0 Å². The van der Waals surface area contributed by atoms with Gasteiger partial charge in [-0.05, 0) is 24.6 Å². The van der Waals surface area contributed by atoms with Crippen molar-refractivity contribution in [1.29, 1.82) is 0 Å². The van der Waals surface area contributed by atoms with Gasteiger partial charge in [-0.25, -0.2) is 4.98 Å². The number of nitrogens with zero attached hydrogens (tertiary/aromatic N) is 1. The van der Waals surface area contributed by atoms with E-state index in [1.807, 2.05) is 30.0 Å². The molecule has 1 nitrogen and oxygen atoms in total. The molecule has 1 aromatic heterocycles. The summed E-state index contributed by atoms with van der Waals surface area (Å²) in [5.74, 6) is 1.13. The van der Waals surface area contributed by atoms with Crippen molar-refractivity contribution >= 4 is 44.9 Å². The number of halogens is 1. The van der Waals surface area contributed by atoms with Crippen LogP contribution in [0.4, 0.5) is 0 Å². The van der Waals surface area contributed by atoms with Crippen molar-refractivity contribution in [3.8, 4) is 0 Å². The van der Waals surface area contributed by atoms with Crippen molar-refractivity contribution < 1.29 is 0 Å². The molecular formula is C10H10ClNS2. The van der Waals surface area contributed by atoms with Crippen LogP contribution in [0.25, 0.3) is 10.2 Å². The quantitative estimate of drug-likeness (QED) is 0.739. The van der Waals surface area contributed by atoms with E-state index < -0.39 is 0 Å². The highest BCUT2D eigenvalue weighted by Gasteiger charge is 2.03. The molecule has 0 aliphatic rings. The third-order valence-corrected chi connectivity index (χ3v) is 4.38. The molecule has 0 bridgehead atoms. The Morgan fingerprint density at radius 2 is 2.36 bits per heavy atom. The minimum atomic E-state index is 0.759. The van der Waals surface area contributed by atoms with E-state index in [2.05, 4.69) is 11.9 Å². The number of benzene rings is 1. The molecule has 14 heavy (non-hydrogen) atoms. The van der Waals surface area contributed by atoms with Crippen molar-refractivity contribution in [2.45, 2.75) is 17.7 Å². The molecular weight excluding hydrogens is 234 g/mol. The minimum absolute atomic E-state index is 0.759.